The van der Waals surface area contributed by atoms with Gasteiger partial charge in [0.05, 0.1) is 6.04 Å². The molecule has 0 atom stereocenters. The summed E-state index contributed by atoms with van der Waals surface area (Å²) in [4.78, 5) is 27.5. The number of nitrogens with zero attached hydrogens (tertiary/aromatic N) is 2. The number of nitrogen functional groups attached to an aromatic ring is 1. The Balaban J connectivity index is 1.57. The smallest absolute Gasteiger partial charge is 0.253 e. The predicted octanol–water partition coefficient (Wildman–Crippen LogP) is 1.78. The van der Waals surface area contributed by atoms with Gasteiger partial charge in [-0.25, -0.2) is 0 Å². The van der Waals surface area contributed by atoms with E-state index in [9.17, 15) is 9.59 Å². The van der Waals surface area contributed by atoms with Crippen LogP contribution in [-0.2, 0) is 0 Å². The third kappa shape index (κ3) is 2.80. The van der Waals surface area contributed by atoms with Crippen LogP contribution in [0.5, 0.6) is 0 Å². The van der Waals surface area contributed by atoms with E-state index in [0.29, 0.717) is 18.8 Å². The number of rotatable bonds is 4. The molecular weight excluding hydrogens is 326 g/mol. The summed E-state index contributed by atoms with van der Waals surface area (Å²) in [5.74, 6) is 0. The average molecular weight is 347 g/mol. The van der Waals surface area contributed by atoms with E-state index >= 15 is 0 Å². The predicted molar refractivity (Wildman–Crippen MR) is 104 cm³/mol. The molecule has 0 saturated carbocycles. The van der Waals surface area contributed by atoms with Crippen molar-refractivity contribution in [3.63, 3.8) is 0 Å². The van der Waals surface area contributed by atoms with Gasteiger partial charge in [-0.2, -0.15) is 0 Å². The summed E-state index contributed by atoms with van der Waals surface area (Å²) in [5, 5.41) is 0. The molecule has 2 N–H and O–H groups in total. The fourth-order valence-corrected chi connectivity index (χ4v) is 3.80. The average Bonchev–Trinajstić information content (AvgIpc) is 2.71. The number of anilines is 2. The summed E-state index contributed by atoms with van der Waals surface area (Å²) in [5.41, 5.74) is 7.75. The van der Waals surface area contributed by atoms with Gasteiger partial charge in [0.2, 0.25) is 0 Å². The molecule has 4 rings (SSSR count). The number of piperazine rings is 1. The number of hydrogen-bond donors (Lipinski definition) is 1. The van der Waals surface area contributed by atoms with Crippen LogP contribution < -0.4 is 21.5 Å². The molecule has 0 unspecified atom stereocenters. The lowest BCUT2D eigenvalue weighted by molar-refractivity contribution is 0.212. The second-order valence-electron chi connectivity index (χ2n) is 6.67. The van der Waals surface area contributed by atoms with Crippen LogP contribution in [0.3, 0.4) is 0 Å². The normalized spacial score (nSPS) is 15.7. The molecular formula is C21H21N3O2. The van der Waals surface area contributed by atoms with Gasteiger partial charge in [-0.15, -0.1) is 0 Å². The SMILES string of the molecule is Nc1c(N2CCN(C(c3ccccc3)c3ccccc3)CC2)c(=O)c1=O. The van der Waals surface area contributed by atoms with Crippen LogP contribution in [-0.4, -0.2) is 31.1 Å². The van der Waals surface area contributed by atoms with Crippen LogP contribution in [0.4, 0.5) is 11.4 Å². The highest BCUT2D eigenvalue weighted by Crippen LogP contribution is 2.30. The Morgan fingerprint density at radius 1 is 0.731 bits per heavy atom. The molecule has 5 nitrogen and oxygen atoms in total. The van der Waals surface area contributed by atoms with Gasteiger partial charge in [0.25, 0.3) is 10.9 Å². The highest BCUT2D eigenvalue weighted by molar-refractivity contribution is 5.72. The second kappa shape index (κ2) is 6.77. The molecule has 0 spiro atoms. The van der Waals surface area contributed by atoms with Gasteiger partial charge in [0.15, 0.2) is 0 Å². The minimum absolute atomic E-state index is 0.117. The van der Waals surface area contributed by atoms with Crippen LogP contribution >= 0.6 is 0 Å². The molecule has 26 heavy (non-hydrogen) atoms. The Bertz CT molecular complexity index is 915. The Kier molecular flexibility index (Phi) is 4.31. The maximum absolute atomic E-state index is 11.8. The van der Waals surface area contributed by atoms with Crippen LogP contribution in [0.2, 0.25) is 0 Å². The van der Waals surface area contributed by atoms with E-state index in [1.807, 2.05) is 17.0 Å². The molecule has 132 valence electrons. The van der Waals surface area contributed by atoms with E-state index in [1.54, 1.807) is 0 Å². The van der Waals surface area contributed by atoms with E-state index in [4.69, 9.17) is 5.73 Å². The van der Waals surface area contributed by atoms with Crippen molar-refractivity contribution in [2.45, 2.75) is 6.04 Å². The minimum Gasteiger partial charge on any atom is -0.394 e. The Morgan fingerprint density at radius 2 is 1.23 bits per heavy atom. The third-order valence-corrected chi connectivity index (χ3v) is 5.15. The molecule has 1 heterocycles. The summed E-state index contributed by atoms with van der Waals surface area (Å²) >= 11 is 0. The quantitative estimate of drug-likeness (QED) is 0.729. The van der Waals surface area contributed by atoms with Gasteiger partial charge in [-0.1, -0.05) is 60.7 Å². The Morgan fingerprint density at radius 3 is 1.69 bits per heavy atom. The highest BCUT2D eigenvalue weighted by atomic mass is 16.2. The molecule has 3 aromatic carbocycles. The fourth-order valence-electron chi connectivity index (χ4n) is 3.80. The van der Waals surface area contributed by atoms with E-state index < -0.39 is 10.9 Å². The molecule has 0 bridgehead atoms. The number of benzene rings is 2. The molecule has 1 aliphatic heterocycles. The first-order chi connectivity index (χ1) is 12.7. The lowest BCUT2D eigenvalue weighted by Gasteiger charge is -2.41. The van der Waals surface area contributed by atoms with E-state index in [1.165, 1.54) is 11.1 Å². The van der Waals surface area contributed by atoms with E-state index in [-0.39, 0.29) is 11.7 Å². The Hall–Kier alpha value is -2.92. The highest BCUT2D eigenvalue weighted by Gasteiger charge is 2.30. The molecule has 5 heteroatoms. The van der Waals surface area contributed by atoms with Crippen LogP contribution in [0.1, 0.15) is 17.2 Å². The maximum atomic E-state index is 11.8. The zero-order valence-corrected chi connectivity index (χ0v) is 14.5. The molecule has 0 radical (unpaired) electrons. The standard InChI is InChI=1S/C21H21N3O2/c22-17-19(21(26)20(17)25)24-13-11-23(12-14-24)18(15-7-3-1-4-8-15)16-9-5-2-6-10-16/h1-10,18H,11-14,22H2. The summed E-state index contributed by atoms with van der Waals surface area (Å²) in [6.07, 6.45) is 0. The molecule has 1 fully saturated rings. The van der Waals surface area contributed by atoms with Crippen LogP contribution in [0, 0.1) is 0 Å². The van der Waals surface area contributed by atoms with Crippen LogP contribution in [0.25, 0.3) is 0 Å². The lowest BCUT2D eigenvalue weighted by Crippen LogP contribution is -2.52. The monoisotopic (exact) mass is 347 g/mol. The maximum Gasteiger partial charge on any atom is 0.253 e. The first kappa shape index (κ1) is 16.5. The van der Waals surface area contributed by atoms with Crippen molar-refractivity contribution in [3.05, 3.63) is 92.2 Å². The van der Waals surface area contributed by atoms with Crippen molar-refractivity contribution in [2.24, 2.45) is 0 Å². The summed E-state index contributed by atoms with van der Waals surface area (Å²) in [6, 6.07) is 21.1. The van der Waals surface area contributed by atoms with E-state index in [2.05, 4.69) is 53.4 Å². The first-order valence-corrected chi connectivity index (χ1v) is 8.84. The van der Waals surface area contributed by atoms with Crippen molar-refractivity contribution in [2.75, 3.05) is 36.8 Å². The molecule has 1 aliphatic rings. The zero-order valence-electron chi connectivity index (χ0n) is 14.5. The van der Waals surface area contributed by atoms with Crippen molar-refractivity contribution in [3.8, 4) is 0 Å². The first-order valence-electron chi connectivity index (χ1n) is 8.84. The molecule has 0 aromatic heterocycles. The van der Waals surface area contributed by atoms with Gasteiger partial charge in [-0.3, -0.25) is 14.5 Å². The van der Waals surface area contributed by atoms with Gasteiger partial charge in [0.1, 0.15) is 11.4 Å². The fraction of sp³-hybridized carbons (Fsp3) is 0.238. The second-order valence-corrected chi connectivity index (χ2v) is 6.67. The van der Waals surface area contributed by atoms with Crippen molar-refractivity contribution < 1.29 is 0 Å². The van der Waals surface area contributed by atoms with Crippen molar-refractivity contribution >= 4 is 11.4 Å². The largest absolute Gasteiger partial charge is 0.394 e. The van der Waals surface area contributed by atoms with Crippen molar-refractivity contribution in [1.82, 2.24) is 4.90 Å². The molecule has 1 saturated heterocycles. The van der Waals surface area contributed by atoms with Gasteiger partial charge in [-0.05, 0) is 11.1 Å². The topological polar surface area (TPSA) is 66.6 Å². The van der Waals surface area contributed by atoms with Gasteiger partial charge in [0, 0.05) is 26.2 Å². The van der Waals surface area contributed by atoms with Gasteiger partial charge >= 0.3 is 0 Å². The summed E-state index contributed by atoms with van der Waals surface area (Å²) in [7, 11) is 0. The summed E-state index contributed by atoms with van der Waals surface area (Å²) in [6.45, 7) is 2.97. The number of nitrogens with two attached hydrogens (primary N) is 1. The molecule has 3 aromatic rings. The summed E-state index contributed by atoms with van der Waals surface area (Å²) < 4.78 is 0. The minimum atomic E-state index is -0.547. The van der Waals surface area contributed by atoms with Crippen LogP contribution in [0.15, 0.2) is 70.3 Å². The van der Waals surface area contributed by atoms with E-state index in [0.717, 1.165) is 13.1 Å². The van der Waals surface area contributed by atoms with Crippen molar-refractivity contribution in [1.29, 1.82) is 0 Å². The molecule has 0 aliphatic carbocycles. The number of hydrogen-bond acceptors (Lipinski definition) is 5. The molecule has 0 amide bonds. The van der Waals surface area contributed by atoms with Gasteiger partial charge < -0.3 is 10.6 Å². The lowest BCUT2D eigenvalue weighted by atomic mass is 9.96. The zero-order chi connectivity index (χ0) is 18.1. The third-order valence-electron chi connectivity index (χ3n) is 5.15. The Labute approximate surface area is 152 Å².